The molecule has 2 heterocycles. The number of carbonyl (C=O) groups excluding carboxylic acids is 1. The van der Waals surface area contributed by atoms with Crippen molar-refractivity contribution in [3.05, 3.63) is 47.8 Å². The number of hydrogen-bond acceptors (Lipinski definition) is 6. The van der Waals surface area contributed by atoms with Crippen LogP contribution >= 0.6 is 11.3 Å². The first-order valence-electron chi connectivity index (χ1n) is 9.11. The van der Waals surface area contributed by atoms with E-state index in [0.717, 1.165) is 37.6 Å². The summed E-state index contributed by atoms with van der Waals surface area (Å²) in [4.78, 5) is 16.1. The summed E-state index contributed by atoms with van der Waals surface area (Å²) < 4.78 is 6.58. The number of rotatable bonds is 4. The van der Waals surface area contributed by atoms with Crippen molar-refractivity contribution >= 4 is 44.5 Å². The summed E-state index contributed by atoms with van der Waals surface area (Å²) in [6.45, 7) is 3.83. The third kappa shape index (κ3) is 3.69. The fourth-order valence-corrected chi connectivity index (χ4v) is 4.49. The number of nitrogens with zero attached hydrogens (tertiary/aromatic N) is 2. The molecular formula is C20H23N5O2S. The minimum absolute atomic E-state index is 0.429. The highest BCUT2D eigenvalue weighted by Gasteiger charge is 2.20. The van der Waals surface area contributed by atoms with Crippen LogP contribution in [0.2, 0.25) is 0 Å². The molecule has 0 radical (unpaired) electrons. The molecule has 1 saturated heterocycles. The van der Waals surface area contributed by atoms with Gasteiger partial charge in [-0.05, 0) is 42.5 Å². The Labute approximate surface area is 167 Å². The second kappa shape index (κ2) is 7.95. The Balaban J connectivity index is 1.41. The van der Waals surface area contributed by atoms with Gasteiger partial charge in [0.2, 0.25) is 0 Å². The topological polar surface area (TPSA) is 82.9 Å². The third-order valence-electron chi connectivity index (χ3n) is 5.00. The molecule has 4 N–H and O–H groups in total. The molecule has 0 spiro atoms. The lowest BCUT2D eigenvalue weighted by atomic mass is 10.2. The second-order valence-corrected chi connectivity index (χ2v) is 7.51. The van der Waals surface area contributed by atoms with Crippen LogP contribution < -0.4 is 31.1 Å². The first-order chi connectivity index (χ1) is 13.7. The highest BCUT2D eigenvalue weighted by atomic mass is 32.1. The zero-order valence-corrected chi connectivity index (χ0v) is 16.5. The lowest BCUT2D eigenvalue weighted by Gasteiger charge is -2.37. The summed E-state index contributed by atoms with van der Waals surface area (Å²) in [5.74, 6) is 5.98. The van der Waals surface area contributed by atoms with Gasteiger partial charge in [-0.3, -0.25) is 5.43 Å². The van der Waals surface area contributed by atoms with Gasteiger partial charge >= 0.3 is 6.03 Å². The normalized spacial score (nSPS) is 14.2. The number of nitrogens with one attached hydrogen (secondary N) is 2. The van der Waals surface area contributed by atoms with E-state index in [0.29, 0.717) is 5.69 Å². The molecule has 7 nitrogen and oxygen atoms in total. The minimum Gasteiger partial charge on any atom is -0.497 e. The first-order valence-corrected chi connectivity index (χ1v) is 9.98. The maximum atomic E-state index is 11.3. The Kier molecular flexibility index (Phi) is 5.23. The summed E-state index contributed by atoms with van der Waals surface area (Å²) in [6.07, 6.45) is 0. The van der Waals surface area contributed by atoms with E-state index in [4.69, 9.17) is 10.6 Å². The van der Waals surface area contributed by atoms with Gasteiger partial charge in [0, 0.05) is 53.0 Å². The number of nitrogens with two attached hydrogens (primary N) is 1. The van der Waals surface area contributed by atoms with Gasteiger partial charge in [0.25, 0.3) is 0 Å². The highest BCUT2D eigenvalue weighted by Crippen LogP contribution is 2.36. The number of amides is 2. The van der Waals surface area contributed by atoms with Gasteiger partial charge in [0.15, 0.2) is 0 Å². The zero-order valence-electron chi connectivity index (χ0n) is 15.6. The Morgan fingerprint density at radius 3 is 2.46 bits per heavy atom. The Morgan fingerprint density at radius 1 is 1.07 bits per heavy atom. The van der Waals surface area contributed by atoms with Gasteiger partial charge in [-0.25, -0.2) is 10.6 Å². The zero-order chi connectivity index (χ0) is 19.5. The molecule has 0 atom stereocenters. The molecule has 1 aromatic heterocycles. The van der Waals surface area contributed by atoms with Crippen molar-refractivity contribution in [1.82, 2.24) is 5.43 Å². The molecule has 1 aliphatic heterocycles. The van der Waals surface area contributed by atoms with Crippen molar-refractivity contribution < 1.29 is 9.53 Å². The Bertz CT molecular complexity index is 964. The fraction of sp³-hybridized carbons (Fsp3) is 0.250. The van der Waals surface area contributed by atoms with Crippen LogP contribution in [0, 0.1) is 0 Å². The summed E-state index contributed by atoms with van der Waals surface area (Å²) in [7, 11) is 1.70. The molecule has 0 bridgehead atoms. The summed E-state index contributed by atoms with van der Waals surface area (Å²) in [5, 5.41) is 6.19. The summed E-state index contributed by atoms with van der Waals surface area (Å²) in [6, 6.07) is 13.7. The van der Waals surface area contributed by atoms with Gasteiger partial charge in [-0.1, -0.05) is 0 Å². The van der Waals surface area contributed by atoms with Crippen LogP contribution in [0.4, 0.5) is 21.9 Å². The smallest absolute Gasteiger partial charge is 0.333 e. The Hall–Kier alpha value is -2.97. The Morgan fingerprint density at radius 2 is 1.79 bits per heavy atom. The second-order valence-electron chi connectivity index (χ2n) is 6.60. The van der Waals surface area contributed by atoms with Crippen LogP contribution in [0.25, 0.3) is 10.1 Å². The predicted molar refractivity (Wildman–Crippen MR) is 116 cm³/mol. The minimum atomic E-state index is -0.429. The lowest BCUT2D eigenvalue weighted by molar-refractivity contribution is 0.252. The third-order valence-corrected chi connectivity index (χ3v) is 5.94. The molecule has 8 heteroatoms. The van der Waals surface area contributed by atoms with Crippen molar-refractivity contribution in [2.24, 2.45) is 5.84 Å². The van der Waals surface area contributed by atoms with Crippen molar-refractivity contribution in [2.45, 2.75) is 0 Å². The molecule has 0 unspecified atom stereocenters. The number of hydrazine groups is 1. The number of anilines is 3. The van der Waals surface area contributed by atoms with Gasteiger partial charge < -0.3 is 19.9 Å². The van der Waals surface area contributed by atoms with Crippen LogP contribution in [0.1, 0.15) is 0 Å². The number of urea groups is 1. The number of hydrogen-bond donors (Lipinski definition) is 3. The molecule has 4 rings (SSSR count). The fourth-order valence-electron chi connectivity index (χ4n) is 3.49. The SMILES string of the molecule is COc1ccc2c(N3CCN(c4ccc(NC(=O)NN)cc4)CC3)csc2c1. The number of piperazine rings is 1. The largest absolute Gasteiger partial charge is 0.497 e. The first kappa shape index (κ1) is 18.4. The van der Waals surface area contributed by atoms with Crippen LogP contribution in [0.15, 0.2) is 47.8 Å². The van der Waals surface area contributed by atoms with E-state index >= 15 is 0 Å². The van der Waals surface area contributed by atoms with Crippen LogP contribution in [-0.2, 0) is 0 Å². The van der Waals surface area contributed by atoms with Gasteiger partial charge in [-0.2, -0.15) is 0 Å². The molecule has 0 saturated carbocycles. The maximum Gasteiger partial charge on any atom is 0.333 e. The van der Waals surface area contributed by atoms with Gasteiger partial charge in [-0.15, -0.1) is 11.3 Å². The molecule has 1 aliphatic rings. The number of thiophene rings is 1. The molecule has 3 aromatic rings. The number of carbonyl (C=O) groups is 1. The number of ether oxygens (including phenoxy) is 1. The van der Waals surface area contributed by atoms with Crippen molar-refractivity contribution in [3.8, 4) is 5.75 Å². The predicted octanol–water partition coefficient (Wildman–Crippen LogP) is 3.23. The van der Waals surface area contributed by atoms with Crippen LogP contribution in [-0.4, -0.2) is 39.3 Å². The van der Waals surface area contributed by atoms with Crippen molar-refractivity contribution in [2.75, 3.05) is 48.4 Å². The van der Waals surface area contributed by atoms with E-state index in [-0.39, 0.29) is 0 Å². The molecule has 28 heavy (non-hydrogen) atoms. The van der Waals surface area contributed by atoms with Crippen LogP contribution in [0.3, 0.4) is 0 Å². The van der Waals surface area contributed by atoms with E-state index < -0.39 is 6.03 Å². The van der Waals surface area contributed by atoms with E-state index in [1.165, 1.54) is 15.8 Å². The lowest BCUT2D eigenvalue weighted by Crippen LogP contribution is -2.46. The van der Waals surface area contributed by atoms with E-state index in [2.05, 4.69) is 38.1 Å². The van der Waals surface area contributed by atoms with E-state index in [1.54, 1.807) is 18.4 Å². The number of fused-ring (bicyclic) bond motifs is 1. The average molecular weight is 398 g/mol. The molecule has 2 amide bonds. The molecule has 0 aliphatic carbocycles. The molecular weight excluding hydrogens is 374 g/mol. The quantitative estimate of drug-likeness (QED) is 0.358. The van der Waals surface area contributed by atoms with E-state index in [9.17, 15) is 4.79 Å². The monoisotopic (exact) mass is 397 g/mol. The standard InChI is InChI=1S/C20H23N5O2S/c1-27-16-6-7-17-18(13-28-19(17)12-16)25-10-8-24(9-11-25)15-4-2-14(3-5-15)22-20(26)23-21/h2-7,12-13H,8-11,21H2,1H3,(H2,22,23,26). The summed E-state index contributed by atoms with van der Waals surface area (Å²) >= 11 is 1.76. The van der Waals surface area contributed by atoms with Crippen LogP contribution in [0.5, 0.6) is 5.75 Å². The van der Waals surface area contributed by atoms with E-state index in [1.807, 2.05) is 30.3 Å². The number of methoxy groups -OCH3 is 1. The molecule has 1 fully saturated rings. The van der Waals surface area contributed by atoms with Gasteiger partial charge in [0.05, 0.1) is 12.8 Å². The van der Waals surface area contributed by atoms with Crippen molar-refractivity contribution in [3.63, 3.8) is 0 Å². The summed E-state index contributed by atoms with van der Waals surface area (Å²) in [5.41, 5.74) is 5.22. The molecule has 146 valence electrons. The number of benzene rings is 2. The average Bonchev–Trinajstić information content (AvgIpc) is 3.17. The van der Waals surface area contributed by atoms with Gasteiger partial charge in [0.1, 0.15) is 5.75 Å². The molecule has 2 aromatic carbocycles. The maximum absolute atomic E-state index is 11.3. The highest BCUT2D eigenvalue weighted by molar-refractivity contribution is 7.17. The van der Waals surface area contributed by atoms with Crippen molar-refractivity contribution in [1.29, 1.82) is 0 Å².